The molecule has 2 aliphatic heterocycles. The van der Waals surface area contributed by atoms with Gasteiger partial charge in [0, 0.05) is 11.6 Å². The first-order valence-electron chi connectivity index (χ1n) is 9.66. The summed E-state index contributed by atoms with van der Waals surface area (Å²) in [6.07, 6.45) is 1.30. The number of urea groups is 1. The molecule has 10 heteroatoms. The van der Waals surface area contributed by atoms with E-state index in [1.54, 1.807) is 37.3 Å². The molecular weight excluding hydrogens is 420 g/mol. The number of hydrogen-bond donors (Lipinski definition) is 1. The van der Waals surface area contributed by atoms with Crippen molar-refractivity contribution in [1.29, 1.82) is 0 Å². The molecule has 10 nitrogen and oxygen atoms in total. The zero-order valence-corrected chi connectivity index (χ0v) is 17.0. The second kappa shape index (κ2) is 8.80. The summed E-state index contributed by atoms with van der Waals surface area (Å²) in [6.45, 7) is 1.59. The van der Waals surface area contributed by atoms with Gasteiger partial charge in [-0.15, -0.1) is 0 Å². The number of benzene rings is 2. The number of hydrogen-bond acceptors (Lipinski definition) is 8. The largest absolute Gasteiger partial charge is 0.481 e. The molecule has 0 radical (unpaired) electrons. The summed E-state index contributed by atoms with van der Waals surface area (Å²) < 4.78 is 20.8. The van der Waals surface area contributed by atoms with Crippen molar-refractivity contribution >= 4 is 35.6 Å². The van der Waals surface area contributed by atoms with Gasteiger partial charge in [-0.1, -0.05) is 18.2 Å². The van der Waals surface area contributed by atoms with E-state index in [1.165, 1.54) is 18.2 Å². The van der Waals surface area contributed by atoms with Crippen LogP contribution in [0.3, 0.4) is 0 Å². The average molecular weight is 438 g/mol. The van der Waals surface area contributed by atoms with Gasteiger partial charge in [-0.25, -0.2) is 14.5 Å². The number of barbiturate groups is 1. The number of rotatable bonds is 6. The predicted octanol–water partition coefficient (Wildman–Crippen LogP) is 2.02. The summed E-state index contributed by atoms with van der Waals surface area (Å²) in [5.41, 5.74) is 0.298. The van der Waals surface area contributed by atoms with E-state index in [4.69, 9.17) is 18.9 Å². The van der Waals surface area contributed by atoms with Crippen molar-refractivity contribution < 1.29 is 38.1 Å². The monoisotopic (exact) mass is 438 g/mol. The minimum Gasteiger partial charge on any atom is -0.481 e. The van der Waals surface area contributed by atoms with E-state index in [-0.39, 0.29) is 37.0 Å². The van der Waals surface area contributed by atoms with Crippen molar-refractivity contribution in [1.82, 2.24) is 5.32 Å². The first-order chi connectivity index (χ1) is 15.5. The summed E-state index contributed by atoms with van der Waals surface area (Å²) >= 11 is 0. The van der Waals surface area contributed by atoms with Crippen LogP contribution in [0, 0.1) is 0 Å². The Hall–Kier alpha value is -4.34. The minimum atomic E-state index is -0.886. The van der Waals surface area contributed by atoms with Crippen LogP contribution < -0.4 is 24.4 Å². The Morgan fingerprint density at radius 2 is 1.91 bits per heavy atom. The molecule has 0 aliphatic carbocycles. The van der Waals surface area contributed by atoms with Crippen molar-refractivity contribution in [3.8, 4) is 17.2 Å². The van der Waals surface area contributed by atoms with E-state index in [1.807, 2.05) is 0 Å². The summed E-state index contributed by atoms with van der Waals surface area (Å²) in [6, 6.07) is 10.2. The summed E-state index contributed by atoms with van der Waals surface area (Å²) in [5, 5.41) is 2.15. The second-order valence-corrected chi connectivity index (χ2v) is 6.63. The van der Waals surface area contributed by atoms with Crippen LogP contribution >= 0.6 is 0 Å². The number of nitrogens with zero attached hydrogens (tertiary/aromatic N) is 1. The van der Waals surface area contributed by atoms with E-state index in [0.29, 0.717) is 17.1 Å². The second-order valence-electron chi connectivity index (χ2n) is 6.63. The summed E-state index contributed by atoms with van der Waals surface area (Å²) in [7, 11) is 0. The van der Waals surface area contributed by atoms with Gasteiger partial charge in [-0.2, -0.15) is 0 Å². The van der Waals surface area contributed by atoms with Crippen LogP contribution in [0.1, 0.15) is 12.5 Å². The fourth-order valence-corrected chi connectivity index (χ4v) is 3.14. The molecule has 1 fully saturated rings. The number of nitrogens with one attached hydrogen (secondary N) is 1. The number of carbonyl (C=O) groups is 4. The van der Waals surface area contributed by atoms with Crippen molar-refractivity contribution in [2.24, 2.45) is 0 Å². The van der Waals surface area contributed by atoms with E-state index in [2.05, 4.69) is 5.32 Å². The lowest BCUT2D eigenvalue weighted by Crippen LogP contribution is -2.54. The van der Waals surface area contributed by atoms with Gasteiger partial charge in [-0.3, -0.25) is 14.9 Å². The van der Waals surface area contributed by atoms with Gasteiger partial charge in [-0.05, 0) is 31.2 Å². The molecule has 0 aromatic heterocycles. The molecular formula is C22H18N2O8. The lowest BCUT2D eigenvalue weighted by atomic mass is 10.1. The van der Waals surface area contributed by atoms with E-state index in [0.717, 1.165) is 4.90 Å². The highest BCUT2D eigenvalue weighted by Crippen LogP contribution is 2.36. The third-order valence-corrected chi connectivity index (χ3v) is 4.59. The first-order valence-corrected chi connectivity index (χ1v) is 9.66. The molecule has 0 bridgehead atoms. The Morgan fingerprint density at radius 3 is 2.72 bits per heavy atom. The van der Waals surface area contributed by atoms with Crippen LogP contribution in [-0.4, -0.2) is 43.8 Å². The number of anilines is 1. The molecule has 164 valence electrons. The van der Waals surface area contributed by atoms with Crippen molar-refractivity contribution in [2.45, 2.75) is 6.92 Å². The van der Waals surface area contributed by atoms with Gasteiger partial charge in [0.1, 0.15) is 11.3 Å². The highest BCUT2D eigenvalue weighted by Gasteiger charge is 2.37. The van der Waals surface area contributed by atoms with Crippen LogP contribution in [0.15, 0.2) is 48.0 Å². The Bertz CT molecular complexity index is 1140. The van der Waals surface area contributed by atoms with Gasteiger partial charge < -0.3 is 18.9 Å². The first kappa shape index (κ1) is 20.9. The molecule has 4 rings (SSSR count). The predicted molar refractivity (Wildman–Crippen MR) is 110 cm³/mol. The lowest BCUT2D eigenvalue weighted by molar-refractivity contribution is -0.145. The van der Waals surface area contributed by atoms with Crippen LogP contribution in [0.25, 0.3) is 6.08 Å². The molecule has 4 amide bonds. The molecule has 32 heavy (non-hydrogen) atoms. The van der Waals surface area contributed by atoms with Gasteiger partial charge in [0.15, 0.2) is 18.1 Å². The normalized spacial score (nSPS) is 16.2. The maximum atomic E-state index is 13.1. The molecule has 0 saturated carbocycles. The Morgan fingerprint density at radius 1 is 1.12 bits per heavy atom. The number of para-hydroxylation sites is 1. The Balaban J connectivity index is 1.63. The maximum absolute atomic E-state index is 13.1. The van der Waals surface area contributed by atoms with Gasteiger partial charge >= 0.3 is 12.0 Å². The fourth-order valence-electron chi connectivity index (χ4n) is 3.14. The maximum Gasteiger partial charge on any atom is 0.344 e. The Kier molecular flexibility index (Phi) is 5.75. The molecule has 1 saturated heterocycles. The number of imide groups is 2. The summed E-state index contributed by atoms with van der Waals surface area (Å²) in [5.74, 6) is -1.10. The molecule has 0 atom stereocenters. The molecule has 1 N–H and O–H groups in total. The third-order valence-electron chi connectivity index (χ3n) is 4.59. The molecule has 2 aromatic rings. The van der Waals surface area contributed by atoms with Crippen LogP contribution in [0.4, 0.5) is 10.5 Å². The standard InChI is InChI=1S/C22H18N2O8/c1-2-29-19(25)11-30-16-6-4-3-5-13(16)9-15-20(26)23-22(28)24(21(15)27)14-7-8-17-18(10-14)32-12-31-17/h3-10H,2,11-12H2,1H3,(H,23,26,28)/b15-9-. The number of esters is 1. The van der Waals surface area contributed by atoms with Gasteiger partial charge in [0.25, 0.3) is 11.8 Å². The van der Waals surface area contributed by atoms with E-state index >= 15 is 0 Å². The topological polar surface area (TPSA) is 120 Å². The zero-order chi connectivity index (χ0) is 22.7. The highest BCUT2D eigenvalue weighted by molar-refractivity contribution is 6.39. The van der Waals surface area contributed by atoms with Crippen LogP contribution in [-0.2, 0) is 19.1 Å². The van der Waals surface area contributed by atoms with E-state index < -0.39 is 23.8 Å². The molecule has 2 heterocycles. The van der Waals surface area contributed by atoms with E-state index in [9.17, 15) is 19.2 Å². The number of carbonyl (C=O) groups excluding carboxylic acids is 4. The highest BCUT2D eigenvalue weighted by atomic mass is 16.7. The van der Waals surface area contributed by atoms with Crippen LogP contribution in [0.2, 0.25) is 0 Å². The molecule has 0 spiro atoms. The van der Waals surface area contributed by atoms with Crippen molar-refractivity contribution in [2.75, 3.05) is 24.9 Å². The average Bonchev–Trinajstić information content (AvgIpc) is 3.24. The molecule has 0 unspecified atom stereocenters. The van der Waals surface area contributed by atoms with Crippen molar-refractivity contribution in [3.05, 3.63) is 53.6 Å². The molecule has 2 aromatic carbocycles. The van der Waals surface area contributed by atoms with Gasteiger partial charge in [0.2, 0.25) is 6.79 Å². The molecule has 2 aliphatic rings. The zero-order valence-electron chi connectivity index (χ0n) is 17.0. The Labute approximate surface area is 182 Å². The fraction of sp³-hybridized carbons (Fsp3) is 0.182. The third kappa shape index (κ3) is 4.10. The quantitative estimate of drug-likeness (QED) is 0.413. The number of amides is 4. The SMILES string of the molecule is CCOC(=O)COc1ccccc1/C=C1/C(=O)NC(=O)N(c2ccc3c(c2)OCO3)C1=O. The minimum absolute atomic E-state index is 0.0329. The number of ether oxygens (including phenoxy) is 4. The smallest absolute Gasteiger partial charge is 0.344 e. The number of fused-ring (bicyclic) bond motifs is 1. The van der Waals surface area contributed by atoms with Crippen LogP contribution in [0.5, 0.6) is 17.2 Å². The lowest BCUT2D eigenvalue weighted by Gasteiger charge is -2.26. The van der Waals surface area contributed by atoms with Gasteiger partial charge in [0.05, 0.1) is 12.3 Å². The summed E-state index contributed by atoms with van der Waals surface area (Å²) in [4.78, 5) is 50.4. The van der Waals surface area contributed by atoms with Crippen molar-refractivity contribution in [3.63, 3.8) is 0 Å².